The predicted molar refractivity (Wildman–Crippen MR) is 87.3 cm³/mol. The highest BCUT2D eigenvalue weighted by atomic mass is 16.5. The van der Waals surface area contributed by atoms with E-state index in [4.69, 9.17) is 4.74 Å². The van der Waals surface area contributed by atoms with Gasteiger partial charge in [0, 0.05) is 7.05 Å². The Bertz CT molecular complexity index is 684. The van der Waals surface area contributed by atoms with Crippen LogP contribution in [0.4, 0.5) is 10.5 Å². The topological polar surface area (TPSA) is 41.6 Å². The van der Waals surface area contributed by atoms with E-state index in [1.807, 2.05) is 37.4 Å². The summed E-state index contributed by atoms with van der Waals surface area (Å²) < 4.78 is 5.27. The summed E-state index contributed by atoms with van der Waals surface area (Å²) in [5.41, 5.74) is 3.28. The van der Waals surface area contributed by atoms with Crippen LogP contribution in [0, 0.1) is 0 Å². The van der Waals surface area contributed by atoms with Crippen LogP contribution < -0.4 is 10.1 Å². The van der Waals surface area contributed by atoms with Crippen molar-refractivity contribution in [2.75, 3.05) is 19.5 Å². The minimum atomic E-state index is -0.119. The molecule has 1 N–H and O–H groups in total. The third-order valence-corrected chi connectivity index (χ3v) is 4.24. The van der Waals surface area contributed by atoms with Gasteiger partial charge in [-0.3, -0.25) is 0 Å². The quantitative estimate of drug-likeness (QED) is 0.934. The molecule has 0 bridgehead atoms. The first-order valence-corrected chi connectivity index (χ1v) is 7.45. The summed E-state index contributed by atoms with van der Waals surface area (Å²) in [6.45, 7) is 0. The van der Waals surface area contributed by atoms with Crippen LogP contribution in [0.5, 0.6) is 5.75 Å². The van der Waals surface area contributed by atoms with Gasteiger partial charge >= 0.3 is 6.03 Å². The fourth-order valence-electron chi connectivity index (χ4n) is 3.03. The highest BCUT2D eigenvalue weighted by Crippen LogP contribution is 2.35. The number of fused-ring (bicyclic) bond motifs is 1. The zero-order valence-electron chi connectivity index (χ0n) is 12.9. The Morgan fingerprint density at radius 1 is 1.18 bits per heavy atom. The van der Waals surface area contributed by atoms with Crippen molar-refractivity contribution in [2.45, 2.75) is 18.9 Å². The maximum absolute atomic E-state index is 12.5. The van der Waals surface area contributed by atoms with Gasteiger partial charge in [-0.1, -0.05) is 36.4 Å². The van der Waals surface area contributed by atoms with Gasteiger partial charge in [-0.25, -0.2) is 4.79 Å². The van der Waals surface area contributed by atoms with E-state index in [0.717, 1.165) is 12.8 Å². The second-order valence-electron chi connectivity index (χ2n) is 5.49. The molecule has 2 aromatic rings. The van der Waals surface area contributed by atoms with E-state index in [2.05, 4.69) is 23.5 Å². The second-order valence-corrected chi connectivity index (χ2v) is 5.49. The van der Waals surface area contributed by atoms with Crippen molar-refractivity contribution < 1.29 is 9.53 Å². The minimum absolute atomic E-state index is 0.119. The number of ether oxygens (including phenoxy) is 1. The molecule has 0 spiro atoms. The Hall–Kier alpha value is -2.49. The van der Waals surface area contributed by atoms with Crippen LogP contribution in [0.1, 0.15) is 23.6 Å². The van der Waals surface area contributed by atoms with Crippen molar-refractivity contribution in [1.29, 1.82) is 0 Å². The summed E-state index contributed by atoms with van der Waals surface area (Å²) in [7, 11) is 3.44. The molecule has 0 aromatic heterocycles. The zero-order chi connectivity index (χ0) is 15.5. The van der Waals surface area contributed by atoms with E-state index < -0.39 is 0 Å². The number of rotatable bonds is 3. The number of amides is 2. The fourth-order valence-corrected chi connectivity index (χ4v) is 3.03. The van der Waals surface area contributed by atoms with Crippen LogP contribution in [0.2, 0.25) is 0 Å². The van der Waals surface area contributed by atoms with Gasteiger partial charge in [-0.15, -0.1) is 0 Å². The van der Waals surface area contributed by atoms with E-state index in [-0.39, 0.29) is 12.1 Å². The predicted octanol–water partition coefficient (Wildman–Crippen LogP) is 3.85. The number of carbonyl (C=O) groups is 1. The average molecular weight is 296 g/mol. The SMILES string of the molecule is COc1ccccc1NC(=O)N(C)C1CCc2ccccc21. The van der Waals surface area contributed by atoms with Crippen molar-refractivity contribution in [3.05, 3.63) is 59.7 Å². The number of para-hydroxylation sites is 2. The molecule has 0 saturated heterocycles. The molecule has 0 saturated carbocycles. The molecule has 0 aliphatic heterocycles. The van der Waals surface area contributed by atoms with Gasteiger partial charge in [-0.2, -0.15) is 0 Å². The summed E-state index contributed by atoms with van der Waals surface area (Å²) in [4.78, 5) is 14.3. The van der Waals surface area contributed by atoms with Crippen LogP contribution in [0.25, 0.3) is 0 Å². The number of benzene rings is 2. The van der Waals surface area contributed by atoms with Gasteiger partial charge < -0.3 is 15.0 Å². The van der Waals surface area contributed by atoms with Crippen molar-refractivity contribution in [3.63, 3.8) is 0 Å². The van der Waals surface area contributed by atoms with Gasteiger partial charge in [0.1, 0.15) is 5.75 Å². The smallest absolute Gasteiger partial charge is 0.322 e. The van der Waals surface area contributed by atoms with E-state index in [1.54, 1.807) is 12.0 Å². The number of aryl methyl sites for hydroxylation is 1. The zero-order valence-corrected chi connectivity index (χ0v) is 12.9. The van der Waals surface area contributed by atoms with Crippen molar-refractivity contribution in [1.82, 2.24) is 4.90 Å². The lowest BCUT2D eigenvalue weighted by Gasteiger charge is -2.26. The molecule has 1 unspecified atom stereocenters. The fraction of sp³-hybridized carbons (Fsp3) is 0.278. The molecule has 1 aliphatic rings. The Balaban J connectivity index is 1.76. The number of hydrogen-bond donors (Lipinski definition) is 1. The molecule has 4 nitrogen and oxygen atoms in total. The Kier molecular flexibility index (Phi) is 4.00. The second kappa shape index (κ2) is 6.10. The molecule has 0 fully saturated rings. The van der Waals surface area contributed by atoms with Gasteiger partial charge in [0.2, 0.25) is 0 Å². The maximum atomic E-state index is 12.5. The third kappa shape index (κ3) is 2.64. The summed E-state index contributed by atoms with van der Waals surface area (Å²) >= 11 is 0. The number of methoxy groups -OCH3 is 1. The molecular weight excluding hydrogens is 276 g/mol. The standard InChI is InChI=1S/C18H20N2O2/c1-20(16-12-11-13-7-3-4-8-14(13)16)18(21)19-15-9-5-6-10-17(15)22-2/h3-10,16H,11-12H2,1-2H3,(H,19,21). The van der Waals surface area contributed by atoms with E-state index in [9.17, 15) is 4.79 Å². The Morgan fingerprint density at radius 2 is 1.91 bits per heavy atom. The lowest BCUT2D eigenvalue weighted by molar-refractivity contribution is 0.204. The number of hydrogen-bond acceptors (Lipinski definition) is 2. The number of carbonyl (C=O) groups excluding carboxylic acids is 1. The van der Waals surface area contributed by atoms with Gasteiger partial charge in [0.05, 0.1) is 18.8 Å². The molecule has 3 rings (SSSR count). The first-order chi connectivity index (χ1) is 10.7. The van der Waals surface area contributed by atoms with E-state index in [0.29, 0.717) is 11.4 Å². The summed E-state index contributed by atoms with van der Waals surface area (Å²) in [6.07, 6.45) is 1.99. The molecule has 0 heterocycles. The lowest BCUT2D eigenvalue weighted by atomic mass is 10.1. The van der Waals surface area contributed by atoms with Crippen LogP contribution in [-0.4, -0.2) is 25.1 Å². The van der Waals surface area contributed by atoms with Crippen molar-refractivity contribution >= 4 is 11.7 Å². The third-order valence-electron chi connectivity index (χ3n) is 4.24. The summed E-state index contributed by atoms with van der Waals surface area (Å²) in [5, 5.41) is 2.93. The van der Waals surface area contributed by atoms with Crippen molar-refractivity contribution in [2.24, 2.45) is 0 Å². The maximum Gasteiger partial charge on any atom is 0.322 e. The summed E-state index contributed by atoms with van der Waals surface area (Å²) in [5.74, 6) is 0.663. The average Bonchev–Trinajstić information content (AvgIpc) is 2.98. The molecule has 1 aliphatic carbocycles. The van der Waals surface area contributed by atoms with Crippen LogP contribution in [0.3, 0.4) is 0 Å². The highest BCUT2D eigenvalue weighted by Gasteiger charge is 2.28. The molecule has 0 radical (unpaired) electrons. The first kappa shape index (κ1) is 14.4. The molecule has 22 heavy (non-hydrogen) atoms. The molecule has 2 amide bonds. The molecule has 1 atom stereocenters. The number of urea groups is 1. The highest BCUT2D eigenvalue weighted by molar-refractivity contribution is 5.91. The van der Waals surface area contributed by atoms with Gasteiger partial charge in [-0.05, 0) is 36.1 Å². The number of nitrogens with one attached hydrogen (secondary N) is 1. The van der Waals surface area contributed by atoms with E-state index in [1.165, 1.54) is 11.1 Å². The lowest BCUT2D eigenvalue weighted by Crippen LogP contribution is -2.34. The van der Waals surface area contributed by atoms with Crippen LogP contribution in [0.15, 0.2) is 48.5 Å². The van der Waals surface area contributed by atoms with Crippen molar-refractivity contribution in [3.8, 4) is 5.75 Å². The number of anilines is 1. The Labute approximate surface area is 130 Å². The molecule has 4 heteroatoms. The molecule has 2 aromatic carbocycles. The largest absolute Gasteiger partial charge is 0.495 e. The van der Waals surface area contributed by atoms with Gasteiger partial charge in [0.15, 0.2) is 0 Å². The van der Waals surface area contributed by atoms with Gasteiger partial charge in [0.25, 0.3) is 0 Å². The molecular formula is C18H20N2O2. The van der Waals surface area contributed by atoms with Crippen LogP contribution in [-0.2, 0) is 6.42 Å². The Morgan fingerprint density at radius 3 is 2.73 bits per heavy atom. The molecule has 114 valence electrons. The van der Waals surface area contributed by atoms with E-state index >= 15 is 0 Å². The summed E-state index contributed by atoms with van der Waals surface area (Å²) in [6, 6.07) is 15.8. The first-order valence-electron chi connectivity index (χ1n) is 7.45. The monoisotopic (exact) mass is 296 g/mol. The minimum Gasteiger partial charge on any atom is -0.495 e. The number of nitrogens with zero attached hydrogens (tertiary/aromatic N) is 1. The van der Waals surface area contributed by atoms with Crippen LogP contribution >= 0.6 is 0 Å². The normalized spacial score (nSPS) is 16.0.